The topological polar surface area (TPSA) is 78.9 Å². The van der Waals surface area contributed by atoms with E-state index in [4.69, 9.17) is 14.2 Å². The minimum absolute atomic E-state index is 0.0781. The highest BCUT2D eigenvalue weighted by Gasteiger charge is 2.19. The lowest BCUT2D eigenvalue weighted by molar-refractivity contribution is -0.167. The summed E-state index contributed by atoms with van der Waals surface area (Å²) in [7, 11) is 0. The van der Waals surface area contributed by atoms with Gasteiger partial charge in [0.05, 0.1) is 0 Å². The zero-order valence-electron chi connectivity index (χ0n) is 53.3. The summed E-state index contributed by atoms with van der Waals surface area (Å²) in [5, 5.41) is 0. The Balaban J connectivity index is 4.13. The number of esters is 3. The standard InChI is InChI=1S/C74H132O6/c1-4-7-10-13-16-19-22-24-26-28-30-31-32-33-34-35-36-37-38-39-40-41-42-43-44-46-47-49-52-55-58-61-64-67-73(76)79-70-71(69-78-72(75)66-63-60-57-54-51-21-18-15-12-9-6-3)80-74(77)68-65-62-59-56-53-50-48-45-29-27-25-23-20-17-14-11-8-5-2/h15,18,20,22-24,27-30,32-33,71H,4-14,16-17,19,21,25-26,31,34-70H2,1-3H3/b18-15-,23-20-,24-22-,29-27-,30-28-,33-32-. The van der Waals surface area contributed by atoms with Crippen LogP contribution in [-0.4, -0.2) is 37.2 Å². The Hall–Kier alpha value is -3.15. The van der Waals surface area contributed by atoms with Crippen LogP contribution in [0.15, 0.2) is 72.9 Å². The minimum atomic E-state index is -0.782. The van der Waals surface area contributed by atoms with Gasteiger partial charge in [-0.1, -0.05) is 306 Å². The lowest BCUT2D eigenvalue weighted by Gasteiger charge is -2.18. The highest BCUT2D eigenvalue weighted by atomic mass is 16.6. The van der Waals surface area contributed by atoms with Crippen LogP contribution in [0.1, 0.15) is 361 Å². The first-order valence-corrected chi connectivity index (χ1v) is 34.9. The van der Waals surface area contributed by atoms with Gasteiger partial charge in [-0.15, -0.1) is 0 Å². The number of hydrogen-bond acceptors (Lipinski definition) is 6. The molecule has 1 unspecified atom stereocenters. The fraction of sp³-hybridized carbons (Fsp3) is 0.797. The first kappa shape index (κ1) is 76.9. The number of carbonyl (C=O) groups is 3. The van der Waals surface area contributed by atoms with Crippen molar-refractivity contribution in [2.24, 2.45) is 0 Å². The number of carbonyl (C=O) groups excluding carboxylic acids is 3. The van der Waals surface area contributed by atoms with Crippen molar-refractivity contribution in [3.8, 4) is 0 Å². The normalized spacial score (nSPS) is 12.5. The summed E-state index contributed by atoms with van der Waals surface area (Å²) in [6.45, 7) is 6.60. The Morgan fingerprint density at radius 2 is 0.463 bits per heavy atom. The molecule has 0 bridgehead atoms. The van der Waals surface area contributed by atoms with Gasteiger partial charge in [0.1, 0.15) is 13.2 Å². The summed E-state index contributed by atoms with van der Waals surface area (Å²) in [5.41, 5.74) is 0. The van der Waals surface area contributed by atoms with Crippen molar-refractivity contribution < 1.29 is 28.6 Å². The summed E-state index contributed by atoms with van der Waals surface area (Å²) in [6, 6.07) is 0. The van der Waals surface area contributed by atoms with Gasteiger partial charge in [-0.05, 0) is 109 Å². The molecule has 0 radical (unpaired) electrons. The molecule has 0 amide bonds. The highest BCUT2D eigenvalue weighted by molar-refractivity contribution is 5.71. The maximum absolute atomic E-state index is 12.9. The third kappa shape index (κ3) is 65.7. The van der Waals surface area contributed by atoms with Gasteiger partial charge in [-0.25, -0.2) is 0 Å². The molecule has 0 N–H and O–H groups in total. The van der Waals surface area contributed by atoms with Crippen molar-refractivity contribution in [1.29, 1.82) is 0 Å². The summed E-state index contributed by atoms with van der Waals surface area (Å²) in [5.74, 6) is -0.879. The van der Waals surface area contributed by atoms with Gasteiger partial charge in [-0.2, -0.15) is 0 Å². The zero-order chi connectivity index (χ0) is 57.8. The van der Waals surface area contributed by atoms with E-state index in [2.05, 4.69) is 93.7 Å². The minimum Gasteiger partial charge on any atom is -0.462 e. The highest BCUT2D eigenvalue weighted by Crippen LogP contribution is 2.17. The van der Waals surface area contributed by atoms with Gasteiger partial charge >= 0.3 is 17.9 Å². The largest absolute Gasteiger partial charge is 0.462 e. The van der Waals surface area contributed by atoms with Crippen molar-refractivity contribution in [2.45, 2.75) is 367 Å². The van der Waals surface area contributed by atoms with Gasteiger partial charge in [0.25, 0.3) is 0 Å². The van der Waals surface area contributed by atoms with Gasteiger partial charge in [-0.3, -0.25) is 14.4 Å². The van der Waals surface area contributed by atoms with Crippen LogP contribution in [0.2, 0.25) is 0 Å². The molecule has 0 saturated carbocycles. The van der Waals surface area contributed by atoms with E-state index in [9.17, 15) is 14.4 Å². The average molecular weight is 1120 g/mol. The number of ether oxygens (including phenoxy) is 3. The lowest BCUT2D eigenvalue weighted by Crippen LogP contribution is -2.30. The molecule has 464 valence electrons. The molecule has 0 spiro atoms. The predicted octanol–water partition coefficient (Wildman–Crippen LogP) is 24.1. The number of allylic oxidation sites excluding steroid dienone is 12. The Labute approximate surface area is 497 Å². The molecule has 0 aliphatic rings. The molecule has 0 heterocycles. The summed E-state index contributed by atoms with van der Waals surface area (Å²) in [4.78, 5) is 38.3. The molecular formula is C74H132O6. The number of unbranched alkanes of at least 4 members (excludes halogenated alkanes) is 41. The van der Waals surface area contributed by atoms with Crippen molar-refractivity contribution in [3.63, 3.8) is 0 Å². The molecule has 0 aromatic heterocycles. The van der Waals surface area contributed by atoms with Gasteiger partial charge in [0.2, 0.25) is 0 Å². The van der Waals surface area contributed by atoms with Gasteiger partial charge in [0.15, 0.2) is 6.10 Å². The third-order valence-corrected chi connectivity index (χ3v) is 15.4. The summed E-state index contributed by atoms with van der Waals surface area (Å²) in [6.07, 6.45) is 89.4. The average Bonchev–Trinajstić information content (AvgIpc) is 3.46. The second-order valence-corrected chi connectivity index (χ2v) is 23.4. The number of hydrogen-bond donors (Lipinski definition) is 0. The van der Waals surface area contributed by atoms with E-state index < -0.39 is 6.10 Å². The van der Waals surface area contributed by atoms with E-state index in [0.29, 0.717) is 19.3 Å². The monoisotopic (exact) mass is 1120 g/mol. The van der Waals surface area contributed by atoms with Crippen LogP contribution < -0.4 is 0 Å². The van der Waals surface area contributed by atoms with Crippen LogP contribution in [0.4, 0.5) is 0 Å². The molecule has 0 aliphatic carbocycles. The first-order valence-electron chi connectivity index (χ1n) is 34.9. The maximum atomic E-state index is 12.9. The molecule has 80 heavy (non-hydrogen) atoms. The Kier molecular flexibility index (Phi) is 65.7. The molecule has 0 aromatic rings. The number of rotatable bonds is 64. The van der Waals surface area contributed by atoms with Gasteiger partial charge in [0, 0.05) is 19.3 Å². The Bertz CT molecular complexity index is 1470. The molecule has 1 atom stereocenters. The van der Waals surface area contributed by atoms with Crippen molar-refractivity contribution in [2.75, 3.05) is 13.2 Å². The van der Waals surface area contributed by atoms with Crippen molar-refractivity contribution in [1.82, 2.24) is 0 Å². The molecular weight excluding hydrogens is 985 g/mol. The van der Waals surface area contributed by atoms with E-state index in [1.165, 1.54) is 231 Å². The summed E-state index contributed by atoms with van der Waals surface area (Å²) < 4.78 is 16.9. The van der Waals surface area contributed by atoms with Crippen LogP contribution in [0, 0.1) is 0 Å². The molecule has 6 nitrogen and oxygen atoms in total. The van der Waals surface area contributed by atoms with Crippen LogP contribution in [0.5, 0.6) is 0 Å². The van der Waals surface area contributed by atoms with Crippen LogP contribution in [0.3, 0.4) is 0 Å². The predicted molar refractivity (Wildman–Crippen MR) is 348 cm³/mol. The van der Waals surface area contributed by atoms with Gasteiger partial charge < -0.3 is 14.2 Å². The Morgan fingerprint density at radius 3 is 0.762 bits per heavy atom. The fourth-order valence-electron chi connectivity index (χ4n) is 10.1. The van der Waals surface area contributed by atoms with Crippen LogP contribution >= 0.6 is 0 Å². The first-order chi connectivity index (χ1) is 39.5. The zero-order valence-corrected chi connectivity index (χ0v) is 53.3. The van der Waals surface area contributed by atoms with E-state index in [0.717, 1.165) is 89.9 Å². The molecule has 0 fully saturated rings. The SMILES string of the molecule is CCCC/C=C\CCCCCCCC(=O)OCC(COC(=O)CCCCCCCCCCCCCCCCCCCC/C=C\C/C=C\C/C=C\CCCCCCC)OC(=O)CCCCCCCCC/C=C\C/C=C\CCCCCC. The third-order valence-electron chi connectivity index (χ3n) is 15.4. The smallest absolute Gasteiger partial charge is 0.306 e. The molecule has 0 saturated heterocycles. The van der Waals surface area contributed by atoms with E-state index >= 15 is 0 Å². The molecule has 6 heteroatoms. The Morgan fingerprint density at radius 1 is 0.250 bits per heavy atom. The quantitative estimate of drug-likeness (QED) is 0.0261. The second kappa shape index (κ2) is 68.3. The van der Waals surface area contributed by atoms with E-state index in [1.807, 2.05) is 0 Å². The van der Waals surface area contributed by atoms with E-state index in [-0.39, 0.29) is 31.1 Å². The van der Waals surface area contributed by atoms with Crippen molar-refractivity contribution in [3.05, 3.63) is 72.9 Å². The molecule has 0 rings (SSSR count). The molecule has 0 aliphatic heterocycles. The lowest BCUT2D eigenvalue weighted by atomic mass is 10.0. The van der Waals surface area contributed by atoms with Crippen molar-refractivity contribution >= 4 is 17.9 Å². The van der Waals surface area contributed by atoms with Crippen LogP contribution in [0.25, 0.3) is 0 Å². The van der Waals surface area contributed by atoms with Crippen LogP contribution in [-0.2, 0) is 28.6 Å². The fourth-order valence-corrected chi connectivity index (χ4v) is 10.1. The van der Waals surface area contributed by atoms with E-state index in [1.54, 1.807) is 0 Å². The molecule has 0 aromatic carbocycles. The summed E-state index contributed by atoms with van der Waals surface area (Å²) >= 11 is 0. The maximum Gasteiger partial charge on any atom is 0.306 e. The second-order valence-electron chi connectivity index (χ2n) is 23.4.